The number of hydrogen-bond acceptors (Lipinski definition) is 18. The molecule has 252 valence electrons. The quantitative estimate of drug-likeness (QED) is 0.0152. The molecule has 0 fully saturated rings. The van der Waals surface area contributed by atoms with Crippen molar-refractivity contribution in [2.75, 3.05) is 106 Å². The molecule has 0 saturated heterocycles. The lowest BCUT2D eigenvalue weighted by Gasteiger charge is -2.06. The molecule has 21 heteroatoms. The molecular formula is C22H42N4O8S9. The third-order valence-corrected chi connectivity index (χ3v) is 12.8. The SMILES string of the molecule is O=C(NCCSCC/N=C\[S+]([O-])CCSCCSC(=O)NCCSCC/N=C\OOCSCSCO)OCSCSCO. The van der Waals surface area contributed by atoms with E-state index in [0.29, 0.717) is 48.7 Å². The lowest BCUT2D eigenvalue weighted by Crippen LogP contribution is -2.26. The number of hydrogen-bond donors (Lipinski definition) is 4. The van der Waals surface area contributed by atoms with Gasteiger partial charge in [0.25, 0.3) is 5.24 Å². The number of aliphatic hydroxyl groups is 2. The summed E-state index contributed by atoms with van der Waals surface area (Å²) in [6.45, 7) is 2.28. The van der Waals surface area contributed by atoms with E-state index in [2.05, 4.69) is 20.6 Å². The van der Waals surface area contributed by atoms with Gasteiger partial charge in [0.1, 0.15) is 17.6 Å². The maximum atomic E-state index is 12.0. The Balaban J connectivity index is 3.41. The van der Waals surface area contributed by atoms with Crippen molar-refractivity contribution in [2.24, 2.45) is 9.98 Å². The van der Waals surface area contributed by atoms with Crippen LogP contribution in [0.1, 0.15) is 0 Å². The minimum atomic E-state index is -1.10. The van der Waals surface area contributed by atoms with Gasteiger partial charge in [0.15, 0.2) is 0 Å². The van der Waals surface area contributed by atoms with Gasteiger partial charge in [-0.3, -0.25) is 9.79 Å². The van der Waals surface area contributed by atoms with Crippen LogP contribution in [0.3, 0.4) is 0 Å². The summed E-state index contributed by atoms with van der Waals surface area (Å²) >= 11 is 10.8. The van der Waals surface area contributed by atoms with Crippen molar-refractivity contribution in [1.82, 2.24) is 10.6 Å². The van der Waals surface area contributed by atoms with E-state index in [1.807, 2.05) is 0 Å². The van der Waals surface area contributed by atoms with Crippen LogP contribution in [0.2, 0.25) is 0 Å². The van der Waals surface area contributed by atoms with Gasteiger partial charge in [0.05, 0.1) is 25.0 Å². The van der Waals surface area contributed by atoms with E-state index in [1.165, 1.54) is 70.8 Å². The van der Waals surface area contributed by atoms with Crippen LogP contribution in [0, 0.1) is 0 Å². The highest BCUT2D eigenvalue weighted by Gasteiger charge is 2.05. The van der Waals surface area contributed by atoms with Gasteiger partial charge in [-0.1, -0.05) is 11.8 Å². The molecule has 43 heavy (non-hydrogen) atoms. The lowest BCUT2D eigenvalue weighted by molar-refractivity contribution is -0.196. The molecule has 12 nitrogen and oxygen atoms in total. The molecular weight excluding hydrogens is 737 g/mol. The fourth-order valence-electron chi connectivity index (χ4n) is 2.15. The molecule has 4 N–H and O–H groups in total. The van der Waals surface area contributed by atoms with E-state index in [4.69, 9.17) is 24.7 Å². The van der Waals surface area contributed by atoms with Crippen molar-refractivity contribution in [3.05, 3.63) is 0 Å². The second-order valence-electron chi connectivity index (χ2n) is 7.13. The van der Waals surface area contributed by atoms with Gasteiger partial charge in [-0.15, -0.1) is 47.0 Å². The number of nitrogens with one attached hydrogen (secondary N) is 2. The number of thioether (sulfide) groups is 8. The Morgan fingerprint density at radius 3 is 2.14 bits per heavy atom. The Morgan fingerprint density at radius 1 is 0.767 bits per heavy atom. The number of aliphatic hydroxyl groups excluding tert-OH is 2. The van der Waals surface area contributed by atoms with Crippen LogP contribution >= 0.6 is 94.1 Å². The summed E-state index contributed by atoms with van der Waals surface area (Å²) in [5, 5.41) is 24.2. The largest absolute Gasteiger partial charge is 0.611 e. The molecule has 0 aromatic heterocycles. The molecule has 2 amide bonds. The molecule has 0 aliphatic heterocycles. The topological polar surface area (TPSA) is 174 Å². The van der Waals surface area contributed by atoms with Gasteiger partial charge >= 0.3 is 6.09 Å². The number of nitrogens with zero attached hydrogens (tertiary/aromatic N) is 2. The number of rotatable bonds is 31. The minimum absolute atomic E-state index is 0.0343. The zero-order valence-corrected chi connectivity index (χ0v) is 31.1. The van der Waals surface area contributed by atoms with Crippen molar-refractivity contribution < 1.29 is 38.9 Å². The first-order chi connectivity index (χ1) is 21.1. The van der Waals surface area contributed by atoms with Crippen molar-refractivity contribution in [3.8, 4) is 0 Å². The van der Waals surface area contributed by atoms with E-state index in [0.717, 1.165) is 39.6 Å². The summed E-state index contributed by atoms with van der Waals surface area (Å²) in [6, 6.07) is 0. The molecule has 0 radical (unpaired) electrons. The molecule has 0 rings (SSSR count). The summed E-state index contributed by atoms with van der Waals surface area (Å²) in [5.41, 5.74) is 1.50. The van der Waals surface area contributed by atoms with Crippen molar-refractivity contribution in [3.63, 3.8) is 0 Å². The van der Waals surface area contributed by atoms with Gasteiger partial charge in [-0.2, -0.15) is 40.2 Å². The van der Waals surface area contributed by atoms with Crippen molar-refractivity contribution in [1.29, 1.82) is 0 Å². The smallest absolute Gasteiger partial charge is 0.407 e. The number of carbonyl (C=O) groups is 2. The van der Waals surface area contributed by atoms with Gasteiger partial charge in [-0.05, 0) is 11.2 Å². The highest BCUT2D eigenvalue weighted by molar-refractivity contribution is 8.16. The van der Waals surface area contributed by atoms with E-state index in [1.54, 1.807) is 35.3 Å². The summed E-state index contributed by atoms with van der Waals surface area (Å²) in [4.78, 5) is 41.4. The Labute approximate surface area is 292 Å². The molecule has 0 saturated carbocycles. The minimum Gasteiger partial charge on any atom is -0.611 e. The highest BCUT2D eigenvalue weighted by atomic mass is 32.2. The van der Waals surface area contributed by atoms with Crippen LogP contribution < -0.4 is 10.6 Å². The zero-order valence-electron chi connectivity index (χ0n) is 23.8. The van der Waals surface area contributed by atoms with E-state index in [-0.39, 0.29) is 23.1 Å². The molecule has 0 aliphatic carbocycles. The van der Waals surface area contributed by atoms with Crippen LogP contribution in [0.15, 0.2) is 9.98 Å². The first-order valence-corrected chi connectivity index (χ1v) is 23.3. The summed E-state index contributed by atoms with van der Waals surface area (Å²) in [6.07, 6.45) is 0.828. The average molecular weight is 779 g/mol. The van der Waals surface area contributed by atoms with E-state index in [9.17, 15) is 14.1 Å². The lowest BCUT2D eigenvalue weighted by atomic mass is 10.7. The molecule has 0 heterocycles. The maximum absolute atomic E-state index is 12.0. The van der Waals surface area contributed by atoms with Crippen LogP contribution in [-0.2, 0) is 25.7 Å². The molecule has 1 unspecified atom stereocenters. The third-order valence-electron chi connectivity index (χ3n) is 3.95. The second-order valence-corrected chi connectivity index (χ2v) is 17.8. The number of ether oxygens (including phenoxy) is 1. The molecule has 0 aliphatic rings. The van der Waals surface area contributed by atoms with Crippen LogP contribution in [0.5, 0.6) is 0 Å². The van der Waals surface area contributed by atoms with Gasteiger partial charge < -0.3 is 35.0 Å². The fourth-order valence-corrected chi connectivity index (χ4v) is 8.82. The van der Waals surface area contributed by atoms with Crippen molar-refractivity contribution in [2.45, 2.75) is 0 Å². The molecule has 0 aromatic rings. The number of aliphatic imine (C=N–C) groups is 2. The molecule has 0 aromatic carbocycles. The van der Waals surface area contributed by atoms with E-state index < -0.39 is 17.3 Å². The summed E-state index contributed by atoms with van der Waals surface area (Å²) in [5.74, 6) is 6.71. The van der Waals surface area contributed by atoms with Gasteiger partial charge in [0, 0.05) is 63.5 Å². The number of amides is 2. The maximum Gasteiger partial charge on any atom is 0.407 e. The molecule has 1 atom stereocenters. The second kappa shape index (κ2) is 37.3. The van der Waals surface area contributed by atoms with Gasteiger partial charge in [0.2, 0.25) is 11.9 Å². The summed E-state index contributed by atoms with van der Waals surface area (Å²) in [7, 11) is 0. The summed E-state index contributed by atoms with van der Waals surface area (Å²) < 4.78 is 17.0. The standard InChI is InChI=1S/C22H42N4O8S9/c27-15-38-19-40-17-32-21(29)25-3-7-36-6-2-24-14-43(31)12-11-37-9-10-42-22(30)26-4-8-35-5-1-23-13-33-34-18-41-20-39-16-28/h13-14,27-28H,1-12,15-20H2,(H,25,29)(H,26,30)/b23-13-,24-14-. The monoisotopic (exact) mass is 778 g/mol. The Hall–Kier alpha value is 0.870. The Morgan fingerprint density at radius 2 is 1.42 bits per heavy atom. The Bertz CT molecular complexity index is 709. The first kappa shape index (κ1) is 43.9. The normalized spacial score (nSPS) is 12.2. The first-order valence-electron chi connectivity index (χ1n) is 12.8. The number of alkyl carbamates (subject to hydrolysis) is 1. The van der Waals surface area contributed by atoms with Crippen LogP contribution in [0.4, 0.5) is 9.59 Å². The molecule has 0 spiro atoms. The van der Waals surface area contributed by atoms with E-state index >= 15 is 0 Å². The van der Waals surface area contributed by atoms with Crippen LogP contribution in [0.25, 0.3) is 0 Å². The highest BCUT2D eigenvalue weighted by Crippen LogP contribution is 2.11. The Kier molecular flexibility index (Phi) is 38.1. The zero-order chi connectivity index (χ0) is 31.5. The fraction of sp³-hybridized carbons (Fsp3) is 0.818. The predicted octanol–water partition coefficient (Wildman–Crippen LogP) is 3.77. The third kappa shape index (κ3) is 37.2. The molecule has 0 bridgehead atoms. The van der Waals surface area contributed by atoms with Crippen molar-refractivity contribution >= 4 is 129 Å². The number of carbonyl (C=O) groups excluding carboxylic acids is 2. The van der Waals surface area contributed by atoms with Gasteiger partial charge in [-0.25, -0.2) is 9.79 Å². The average Bonchev–Trinajstić information content (AvgIpc) is 3.00. The van der Waals surface area contributed by atoms with Crippen LogP contribution in [-0.4, -0.2) is 144 Å². The predicted molar refractivity (Wildman–Crippen MR) is 198 cm³/mol.